The number of para-hydroxylation sites is 1. The van der Waals surface area contributed by atoms with Crippen molar-refractivity contribution < 1.29 is 9.13 Å². The number of aryl methyl sites for hydroxylation is 1. The highest BCUT2D eigenvalue weighted by Crippen LogP contribution is 2.22. The summed E-state index contributed by atoms with van der Waals surface area (Å²) in [6.07, 6.45) is 4.43. The van der Waals surface area contributed by atoms with Crippen LogP contribution in [0.25, 0.3) is 0 Å². The Morgan fingerprint density at radius 3 is 2.95 bits per heavy atom. The van der Waals surface area contributed by atoms with Crippen LogP contribution in [0.15, 0.2) is 30.6 Å². The lowest BCUT2D eigenvalue weighted by Gasteiger charge is -2.11. The monoisotopic (exact) mass is 263 g/mol. The number of benzene rings is 1. The number of hydrogen-bond donors (Lipinski definition) is 1. The van der Waals surface area contributed by atoms with E-state index in [2.05, 4.69) is 10.4 Å². The van der Waals surface area contributed by atoms with Crippen molar-refractivity contribution in [2.75, 3.05) is 13.7 Å². The van der Waals surface area contributed by atoms with Crippen molar-refractivity contribution in [1.29, 1.82) is 0 Å². The Kier molecular flexibility index (Phi) is 4.52. The first-order valence-corrected chi connectivity index (χ1v) is 6.23. The fraction of sp³-hybridized carbons (Fsp3) is 0.357. The minimum Gasteiger partial charge on any atom is -0.490 e. The number of hydrogen-bond acceptors (Lipinski definition) is 3. The van der Waals surface area contributed by atoms with Gasteiger partial charge in [-0.2, -0.15) is 5.10 Å². The Morgan fingerprint density at radius 2 is 2.26 bits per heavy atom. The number of aromatic nitrogens is 2. The summed E-state index contributed by atoms with van der Waals surface area (Å²) >= 11 is 0. The maximum atomic E-state index is 13.7. The van der Waals surface area contributed by atoms with Gasteiger partial charge in [0.2, 0.25) is 0 Å². The summed E-state index contributed by atoms with van der Waals surface area (Å²) in [6, 6.07) is 4.97. The van der Waals surface area contributed by atoms with E-state index in [9.17, 15) is 4.39 Å². The Labute approximate surface area is 112 Å². The number of halogens is 1. The van der Waals surface area contributed by atoms with Crippen LogP contribution in [0.2, 0.25) is 0 Å². The van der Waals surface area contributed by atoms with Crippen molar-refractivity contribution in [3.8, 4) is 5.75 Å². The van der Waals surface area contributed by atoms with E-state index in [0.29, 0.717) is 25.3 Å². The summed E-state index contributed by atoms with van der Waals surface area (Å²) in [4.78, 5) is 0. The molecule has 1 N–H and O–H groups in total. The van der Waals surface area contributed by atoms with E-state index in [1.54, 1.807) is 16.9 Å². The molecule has 0 saturated heterocycles. The normalized spacial score (nSPS) is 10.7. The fourth-order valence-corrected chi connectivity index (χ4v) is 1.92. The van der Waals surface area contributed by atoms with Gasteiger partial charge < -0.3 is 10.1 Å². The van der Waals surface area contributed by atoms with Gasteiger partial charge in [-0.25, -0.2) is 4.39 Å². The lowest BCUT2D eigenvalue weighted by molar-refractivity contribution is 0.301. The molecule has 0 spiro atoms. The summed E-state index contributed by atoms with van der Waals surface area (Å²) in [5.41, 5.74) is 1.91. The predicted octanol–water partition coefficient (Wildman–Crippen LogP) is 1.90. The minimum atomic E-state index is -0.320. The Bertz CT molecular complexity index is 539. The van der Waals surface area contributed by atoms with E-state index >= 15 is 0 Å². The highest BCUT2D eigenvalue weighted by atomic mass is 19.1. The number of ether oxygens (including phenoxy) is 1. The van der Waals surface area contributed by atoms with Crippen LogP contribution in [0.4, 0.5) is 4.39 Å². The van der Waals surface area contributed by atoms with Gasteiger partial charge in [0, 0.05) is 31.8 Å². The van der Waals surface area contributed by atoms with Gasteiger partial charge >= 0.3 is 0 Å². The highest BCUT2D eigenvalue weighted by Gasteiger charge is 2.09. The summed E-state index contributed by atoms with van der Waals surface area (Å²) < 4.78 is 21.1. The molecule has 0 unspecified atom stereocenters. The van der Waals surface area contributed by atoms with E-state index in [4.69, 9.17) is 4.74 Å². The van der Waals surface area contributed by atoms with Crippen molar-refractivity contribution in [3.05, 3.63) is 47.5 Å². The number of rotatable bonds is 6. The molecule has 1 heterocycles. The molecule has 2 aromatic rings. The highest BCUT2D eigenvalue weighted by molar-refractivity contribution is 5.34. The molecular formula is C14H18FN3O. The van der Waals surface area contributed by atoms with E-state index in [-0.39, 0.29) is 5.82 Å². The second kappa shape index (κ2) is 6.33. The predicted molar refractivity (Wildman–Crippen MR) is 71.6 cm³/mol. The Balaban J connectivity index is 1.98. The van der Waals surface area contributed by atoms with Crippen LogP contribution < -0.4 is 10.1 Å². The van der Waals surface area contributed by atoms with Crippen LogP contribution >= 0.6 is 0 Å². The van der Waals surface area contributed by atoms with Crippen LogP contribution in [-0.4, -0.2) is 23.4 Å². The standard InChI is InChI=1S/C14H18FN3O/c1-16-9-12-4-3-5-13(15)14(12)19-7-6-11-8-17-18(2)10-11/h3-5,8,10,16H,6-7,9H2,1-2H3. The molecule has 0 amide bonds. The molecule has 1 aromatic carbocycles. The van der Waals surface area contributed by atoms with Crippen LogP contribution in [0.5, 0.6) is 5.75 Å². The first-order valence-electron chi connectivity index (χ1n) is 6.23. The van der Waals surface area contributed by atoms with Crippen LogP contribution in [0, 0.1) is 5.82 Å². The second-order valence-corrected chi connectivity index (χ2v) is 4.38. The molecule has 0 atom stereocenters. The molecule has 1 aromatic heterocycles. The van der Waals surface area contributed by atoms with Crippen LogP contribution in [-0.2, 0) is 20.0 Å². The molecule has 4 nitrogen and oxygen atoms in total. The zero-order chi connectivity index (χ0) is 13.7. The summed E-state index contributed by atoms with van der Waals surface area (Å²) in [5.74, 6) is 0.0136. The molecule has 0 aliphatic rings. The van der Waals surface area contributed by atoms with Gasteiger partial charge in [-0.05, 0) is 18.7 Å². The van der Waals surface area contributed by atoms with Gasteiger partial charge in [0.15, 0.2) is 11.6 Å². The quantitative estimate of drug-likeness (QED) is 0.865. The lowest BCUT2D eigenvalue weighted by Crippen LogP contribution is -2.10. The average Bonchev–Trinajstić information content (AvgIpc) is 2.79. The SMILES string of the molecule is CNCc1cccc(F)c1OCCc1cnn(C)c1. The molecule has 0 fully saturated rings. The molecule has 102 valence electrons. The van der Waals surface area contributed by atoms with Crippen LogP contribution in [0.3, 0.4) is 0 Å². The average molecular weight is 263 g/mol. The second-order valence-electron chi connectivity index (χ2n) is 4.38. The minimum absolute atomic E-state index is 0.320. The van der Waals surface area contributed by atoms with Gasteiger partial charge in [0.05, 0.1) is 12.8 Å². The van der Waals surface area contributed by atoms with E-state index < -0.39 is 0 Å². The molecule has 0 saturated carbocycles. The molecule has 19 heavy (non-hydrogen) atoms. The zero-order valence-corrected chi connectivity index (χ0v) is 11.2. The maximum Gasteiger partial charge on any atom is 0.165 e. The van der Waals surface area contributed by atoms with Gasteiger partial charge in [-0.1, -0.05) is 12.1 Å². The van der Waals surface area contributed by atoms with Crippen molar-refractivity contribution in [2.45, 2.75) is 13.0 Å². The Hall–Kier alpha value is -1.88. The smallest absolute Gasteiger partial charge is 0.165 e. The number of nitrogens with one attached hydrogen (secondary N) is 1. The van der Waals surface area contributed by atoms with Gasteiger partial charge in [-0.15, -0.1) is 0 Å². The lowest BCUT2D eigenvalue weighted by atomic mass is 10.2. The van der Waals surface area contributed by atoms with Gasteiger partial charge in [-0.3, -0.25) is 4.68 Å². The van der Waals surface area contributed by atoms with Crippen molar-refractivity contribution in [1.82, 2.24) is 15.1 Å². The Morgan fingerprint density at radius 1 is 1.42 bits per heavy atom. The summed E-state index contributed by atoms with van der Waals surface area (Å²) in [7, 11) is 3.69. The zero-order valence-electron chi connectivity index (χ0n) is 11.2. The van der Waals surface area contributed by atoms with E-state index in [1.807, 2.05) is 26.4 Å². The van der Waals surface area contributed by atoms with Crippen molar-refractivity contribution >= 4 is 0 Å². The molecule has 0 radical (unpaired) electrons. The third-order valence-electron chi connectivity index (χ3n) is 2.81. The molecule has 5 heteroatoms. The van der Waals surface area contributed by atoms with Crippen LogP contribution in [0.1, 0.15) is 11.1 Å². The molecule has 0 aliphatic heterocycles. The van der Waals surface area contributed by atoms with Gasteiger partial charge in [0.25, 0.3) is 0 Å². The first-order chi connectivity index (χ1) is 9.20. The largest absolute Gasteiger partial charge is 0.490 e. The molecule has 0 bridgehead atoms. The molecular weight excluding hydrogens is 245 g/mol. The topological polar surface area (TPSA) is 39.1 Å². The molecule has 0 aliphatic carbocycles. The first kappa shape index (κ1) is 13.5. The fourth-order valence-electron chi connectivity index (χ4n) is 1.92. The van der Waals surface area contributed by atoms with E-state index in [1.165, 1.54) is 6.07 Å². The third kappa shape index (κ3) is 3.54. The van der Waals surface area contributed by atoms with E-state index in [0.717, 1.165) is 11.1 Å². The van der Waals surface area contributed by atoms with Crippen molar-refractivity contribution in [3.63, 3.8) is 0 Å². The molecule has 2 rings (SSSR count). The van der Waals surface area contributed by atoms with Crippen molar-refractivity contribution in [2.24, 2.45) is 7.05 Å². The third-order valence-corrected chi connectivity index (χ3v) is 2.81. The number of nitrogens with zero attached hydrogens (tertiary/aromatic N) is 2. The summed E-state index contributed by atoms with van der Waals surface area (Å²) in [5, 5.41) is 7.09. The maximum absolute atomic E-state index is 13.7. The summed E-state index contributed by atoms with van der Waals surface area (Å²) in [6.45, 7) is 1.02. The van der Waals surface area contributed by atoms with Gasteiger partial charge in [0.1, 0.15) is 0 Å².